The van der Waals surface area contributed by atoms with Crippen LogP contribution < -0.4 is 5.32 Å². The number of aromatic nitrogens is 1. The molecule has 3 aromatic rings. The summed E-state index contributed by atoms with van der Waals surface area (Å²) in [5, 5.41) is 12.9. The van der Waals surface area contributed by atoms with Crippen LogP contribution in [0.25, 0.3) is 11.1 Å². The molecule has 0 saturated heterocycles. The molecule has 1 aliphatic carbocycles. The molecule has 176 valence electrons. The summed E-state index contributed by atoms with van der Waals surface area (Å²) in [5.74, 6) is -0.908. The van der Waals surface area contributed by atoms with Crippen molar-refractivity contribution in [2.75, 3.05) is 5.32 Å². The van der Waals surface area contributed by atoms with E-state index in [9.17, 15) is 14.7 Å². The lowest BCUT2D eigenvalue weighted by atomic mass is 9.72. The number of aliphatic carboxylic acids is 1. The number of halogens is 1. The minimum absolute atomic E-state index is 0.0204. The fraction of sp³-hybridized carbons (Fsp3) is 0.321. The van der Waals surface area contributed by atoms with E-state index in [1.165, 1.54) is 0 Å². The van der Waals surface area contributed by atoms with Crippen molar-refractivity contribution < 1.29 is 14.7 Å². The summed E-state index contributed by atoms with van der Waals surface area (Å²) in [6.07, 6.45) is 6.65. The molecule has 1 aliphatic rings. The minimum atomic E-state index is -0.830. The van der Waals surface area contributed by atoms with E-state index < -0.39 is 5.97 Å². The van der Waals surface area contributed by atoms with Gasteiger partial charge < -0.3 is 10.4 Å². The van der Waals surface area contributed by atoms with Crippen molar-refractivity contribution >= 4 is 29.2 Å². The summed E-state index contributed by atoms with van der Waals surface area (Å²) in [4.78, 5) is 28.9. The van der Waals surface area contributed by atoms with Crippen molar-refractivity contribution in [2.24, 2.45) is 5.92 Å². The second-order valence-corrected chi connectivity index (χ2v) is 9.63. The fourth-order valence-electron chi connectivity index (χ4n) is 4.77. The molecule has 0 spiro atoms. The standard InChI is InChI=1S/C28H29ClN2O3/c1-17(13-26(32)33)24-7-4-8-25(18(24)2)31-28(34)27(20-5-3-6-20)21-11-9-19(10-12-21)22-14-23(29)16-30-15-22/h4,7-12,14-17,20,27H,3,5-6,13H2,1-2H3,(H,31,34)(H,32,33)/t17-,27-/m0/s1. The topological polar surface area (TPSA) is 79.3 Å². The van der Waals surface area contributed by atoms with E-state index in [-0.39, 0.29) is 24.2 Å². The van der Waals surface area contributed by atoms with Crippen LogP contribution in [0.2, 0.25) is 5.02 Å². The Balaban J connectivity index is 1.57. The summed E-state index contributed by atoms with van der Waals surface area (Å²) in [6.45, 7) is 3.84. The van der Waals surface area contributed by atoms with Crippen LogP contribution in [0, 0.1) is 12.8 Å². The van der Waals surface area contributed by atoms with Crippen molar-refractivity contribution in [3.63, 3.8) is 0 Å². The third-order valence-electron chi connectivity index (χ3n) is 6.86. The lowest BCUT2D eigenvalue weighted by Crippen LogP contribution is -2.31. The highest BCUT2D eigenvalue weighted by Crippen LogP contribution is 2.41. The molecule has 6 heteroatoms. The number of amides is 1. The van der Waals surface area contributed by atoms with Crippen molar-refractivity contribution in [1.82, 2.24) is 4.98 Å². The second-order valence-electron chi connectivity index (χ2n) is 9.19. The van der Waals surface area contributed by atoms with E-state index in [0.717, 1.165) is 52.8 Å². The van der Waals surface area contributed by atoms with Crippen LogP contribution in [0.4, 0.5) is 5.69 Å². The van der Waals surface area contributed by atoms with Gasteiger partial charge >= 0.3 is 5.97 Å². The van der Waals surface area contributed by atoms with Crippen LogP contribution in [0.5, 0.6) is 0 Å². The average molecular weight is 477 g/mol. The van der Waals surface area contributed by atoms with Crippen LogP contribution in [-0.4, -0.2) is 22.0 Å². The maximum absolute atomic E-state index is 13.5. The van der Waals surface area contributed by atoms with Crippen molar-refractivity contribution in [2.45, 2.75) is 51.4 Å². The monoisotopic (exact) mass is 476 g/mol. The molecule has 0 unspecified atom stereocenters. The molecular weight excluding hydrogens is 448 g/mol. The van der Waals surface area contributed by atoms with Crippen LogP contribution in [0.3, 0.4) is 0 Å². The molecule has 1 fully saturated rings. The Kier molecular flexibility index (Phi) is 7.32. The maximum Gasteiger partial charge on any atom is 0.303 e. The molecule has 0 radical (unpaired) electrons. The number of carboxylic acid groups (broad SMARTS) is 1. The number of anilines is 1. The smallest absolute Gasteiger partial charge is 0.303 e. The van der Waals surface area contributed by atoms with Gasteiger partial charge in [0.1, 0.15) is 0 Å². The van der Waals surface area contributed by atoms with Crippen molar-refractivity contribution in [1.29, 1.82) is 0 Å². The van der Waals surface area contributed by atoms with E-state index >= 15 is 0 Å². The number of nitrogens with one attached hydrogen (secondary N) is 1. The first-order valence-electron chi connectivity index (χ1n) is 11.7. The highest BCUT2D eigenvalue weighted by atomic mass is 35.5. The number of carboxylic acids is 1. The molecule has 1 heterocycles. The number of hydrogen-bond acceptors (Lipinski definition) is 3. The number of pyridine rings is 1. The van der Waals surface area contributed by atoms with E-state index in [0.29, 0.717) is 10.9 Å². The van der Waals surface area contributed by atoms with E-state index in [1.54, 1.807) is 12.4 Å². The molecule has 1 saturated carbocycles. The summed E-state index contributed by atoms with van der Waals surface area (Å²) in [5.41, 5.74) is 5.54. The number of nitrogens with zero attached hydrogens (tertiary/aromatic N) is 1. The Bertz CT molecular complexity index is 1190. The fourth-order valence-corrected chi connectivity index (χ4v) is 4.94. The van der Waals surface area contributed by atoms with Crippen molar-refractivity contribution in [3.05, 3.63) is 82.6 Å². The molecule has 1 amide bonds. The molecule has 0 bridgehead atoms. The average Bonchev–Trinajstić information content (AvgIpc) is 2.77. The SMILES string of the molecule is Cc1c(NC(=O)[C@H](c2ccc(-c3cncc(Cl)c3)cc2)C2CCC2)cccc1[C@@H](C)CC(=O)O. The summed E-state index contributed by atoms with van der Waals surface area (Å²) < 4.78 is 0. The maximum atomic E-state index is 13.5. The molecule has 34 heavy (non-hydrogen) atoms. The summed E-state index contributed by atoms with van der Waals surface area (Å²) >= 11 is 6.09. The zero-order valence-electron chi connectivity index (χ0n) is 19.4. The quantitative estimate of drug-likeness (QED) is 0.374. The highest BCUT2D eigenvalue weighted by molar-refractivity contribution is 6.30. The van der Waals surface area contributed by atoms with Gasteiger partial charge in [-0.2, -0.15) is 0 Å². The third-order valence-corrected chi connectivity index (χ3v) is 7.06. The van der Waals surface area contributed by atoms with Gasteiger partial charge in [-0.1, -0.05) is 61.3 Å². The molecule has 2 atom stereocenters. The van der Waals surface area contributed by atoms with Crippen LogP contribution in [0.15, 0.2) is 60.9 Å². The van der Waals surface area contributed by atoms with Gasteiger partial charge in [0.25, 0.3) is 0 Å². The molecule has 1 aromatic heterocycles. The Labute approximate surface area is 205 Å². The number of rotatable bonds is 8. The second kappa shape index (κ2) is 10.4. The number of carbonyl (C=O) groups is 2. The lowest BCUT2D eigenvalue weighted by molar-refractivity contribution is -0.137. The largest absolute Gasteiger partial charge is 0.481 e. The van der Waals surface area contributed by atoms with E-state index in [2.05, 4.69) is 10.3 Å². The molecule has 5 nitrogen and oxygen atoms in total. The zero-order valence-corrected chi connectivity index (χ0v) is 20.2. The molecule has 0 aliphatic heterocycles. The molecular formula is C28H29ClN2O3. The van der Waals surface area contributed by atoms with Gasteiger partial charge in [0.15, 0.2) is 0 Å². The Morgan fingerprint density at radius 2 is 1.85 bits per heavy atom. The molecule has 4 rings (SSSR count). The van der Waals surface area contributed by atoms with Gasteiger partial charge in [0.05, 0.1) is 17.4 Å². The number of hydrogen-bond donors (Lipinski definition) is 2. The first-order chi connectivity index (χ1) is 16.3. The van der Waals surface area contributed by atoms with Gasteiger partial charge in [-0.15, -0.1) is 0 Å². The molecule has 2 N–H and O–H groups in total. The van der Waals surface area contributed by atoms with Gasteiger partial charge in [-0.25, -0.2) is 0 Å². The van der Waals surface area contributed by atoms with E-state index in [4.69, 9.17) is 11.6 Å². The predicted molar refractivity (Wildman–Crippen MR) is 135 cm³/mol. The van der Waals surface area contributed by atoms with Gasteiger partial charge in [0, 0.05) is 23.6 Å². The summed E-state index contributed by atoms with van der Waals surface area (Å²) in [7, 11) is 0. The highest BCUT2D eigenvalue weighted by Gasteiger charge is 2.34. The lowest BCUT2D eigenvalue weighted by Gasteiger charge is -2.33. The number of benzene rings is 2. The first kappa shape index (κ1) is 24.0. The summed E-state index contributed by atoms with van der Waals surface area (Å²) in [6, 6.07) is 15.7. The first-order valence-corrected chi connectivity index (χ1v) is 12.0. The Hall–Kier alpha value is -3.18. The number of carbonyl (C=O) groups excluding carboxylic acids is 1. The van der Waals surface area contributed by atoms with E-state index in [1.807, 2.05) is 62.4 Å². The van der Waals surface area contributed by atoms with Gasteiger partial charge in [-0.3, -0.25) is 14.6 Å². The Morgan fingerprint density at radius 1 is 1.12 bits per heavy atom. The Morgan fingerprint density at radius 3 is 2.47 bits per heavy atom. The van der Waals surface area contributed by atoms with Crippen LogP contribution in [0.1, 0.15) is 61.1 Å². The molecule has 2 aromatic carbocycles. The minimum Gasteiger partial charge on any atom is -0.481 e. The zero-order chi connectivity index (χ0) is 24.2. The normalized spacial score (nSPS) is 15.3. The predicted octanol–water partition coefficient (Wildman–Crippen LogP) is 6.81. The van der Waals surface area contributed by atoms with Gasteiger partial charge in [0.2, 0.25) is 5.91 Å². The third kappa shape index (κ3) is 5.31. The van der Waals surface area contributed by atoms with Crippen molar-refractivity contribution in [3.8, 4) is 11.1 Å². The van der Waals surface area contributed by atoms with Gasteiger partial charge in [-0.05, 0) is 66.0 Å². The van der Waals surface area contributed by atoms with Crippen LogP contribution >= 0.6 is 11.6 Å². The van der Waals surface area contributed by atoms with Crippen LogP contribution in [-0.2, 0) is 9.59 Å².